The first-order chi connectivity index (χ1) is 22.0. The Balaban J connectivity index is 1.23. The van der Waals surface area contributed by atoms with Crippen LogP contribution in [-0.2, 0) is 22.4 Å². The maximum absolute atomic E-state index is 13.4. The van der Waals surface area contributed by atoms with Gasteiger partial charge in [-0.1, -0.05) is 30.3 Å². The van der Waals surface area contributed by atoms with Gasteiger partial charge in [-0.15, -0.1) is 0 Å². The Morgan fingerprint density at radius 2 is 1.78 bits per heavy atom. The minimum absolute atomic E-state index is 0.00320. The summed E-state index contributed by atoms with van der Waals surface area (Å²) in [5.74, 6) is 1.97. The number of hydrogen-bond donors (Lipinski definition) is 3. The number of piperidine rings is 2. The van der Waals surface area contributed by atoms with Crippen LogP contribution in [0, 0.1) is 13.8 Å². The van der Waals surface area contributed by atoms with Crippen LogP contribution >= 0.6 is 0 Å². The molecule has 5 N–H and O–H groups in total. The fraction of sp³-hybridized carbons (Fsp3) is 0.486. The molecule has 4 amide bonds. The zero-order chi connectivity index (χ0) is 32.8. The van der Waals surface area contributed by atoms with Crippen molar-refractivity contribution in [3.8, 4) is 0 Å². The number of nitrogens with zero attached hydrogens (tertiary/aromatic N) is 4. The van der Waals surface area contributed by atoms with Crippen LogP contribution in [0.1, 0.15) is 54.9 Å². The van der Waals surface area contributed by atoms with Gasteiger partial charge in [0.1, 0.15) is 0 Å². The van der Waals surface area contributed by atoms with Crippen LogP contribution in [0.15, 0.2) is 53.3 Å². The minimum Gasteiger partial charge on any atom is -0.435 e. The van der Waals surface area contributed by atoms with Gasteiger partial charge in [0.05, 0.1) is 6.20 Å². The van der Waals surface area contributed by atoms with E-state index in [-0.39, 0.29) is 24.0 Å². The number of benzene rings is 2. The van der Waals surface area contributed by atoms with Crippen LogP contribution in [0.25, 0.3) is 0 Å². The average Bonchev–Trinajstić information content (AvgIpc) is 3.20. The predicted molar refractivity (Wildman–Crippen MR) is 179 cm³/mol. The fourth-order valence-electron chi connectivity index (χ4n) is 6.31. The first-order valence-electron chi connectivity index (χ1n) is 16.1. The first kappa shape index (κ1) is 32.8. The molecule has 3 aliphatic rings. The number of nitrogens with one attached hydrogen (secondary N) is 1. The first-order valence-corrected chi connectivity index (χ1v) is 16.1. The SMILES string of the molecule is Cc1cc(C[C@@H](OC(=O)N2CCC(N3CCc4ccccc4NC3=O)CC2)C(=O)N=C=C=CN2CCC(C)(N)CC2)cc(C)c1N. The van der Waals surface area contributed by atoms with E-state index in [4.69, 9.17) is 16.2 Å². The molecular formula is C35H45N7O4. The third kappa shape index (κ3) is 8.17. The lowest BCUT2D eigenvalue weighted by Crippen LogP contribution is -2.50. The number of amides is 4. The summed E-state index contributed by atoms with van der Waals surface area (Å²) in [6.45, 7) is 8.86. The van der Waals surface area contributed by atoms with Crippen molar-refractivity contribution in [1.82, 2.24) is 14.7 Å². The number of likely N-dealkylation sites (tertiary alicyclic amines) is 2. The van der Waals surface area contributed by atoms with Gasteiger partial charge < -0.3 is 36.2 Å². The summed E-state index contributed by atoms with van der Waals surface area (Å²) >= 11 is 0. The zero-order valence-corrected chi connectivity index (χ0v) is 27.1. The summed E-state index contributed by atoms with van der Waals surface area (Å²) in [6, 6.07) is 11.5. The molecule has 2 saturated heterocycles. The number of nitrogen functional groups attached to an aromatic ring is 1. The van der Waals surface area contributed by atoms with Crippen LogP contribution < -0.4 is 16.8 Å². The van der Waals surface area contributed by atoms with E-state index >= 15 is 0 Å². The number of carbonyl (C=O) groups is 3. The minimum atomic E-state index is -1.15. The monoisotopic (exact) mass is 627 g/mol. The molecule has 1 atom stereocenters. The van der Waals surface area contributed by atoms with Crippen molar-refractivity contribution >= 4 is 35.3 Å². The Morgan fingerprint density at radius 1 is 1.11 bits per heavy atom. The lowest BCUT2D eigenvalue weighted by Gasteiger charge is -2.37. The fourth-order valence-corrected chi connectivity index (χ4v) is 6.31. The predicted octanol–water partition coefficient (Wildman–Crippen LogP) is 4.17. The van der Waals surface area contributed by atoms with E-state index in [1.165, 1.54) is 0 Å². The molecule has 0 unspecified atom stereocenters. The third-order valence-electron chi connectivity index (χ3n) is 9.32. The van der Waals surface area contributed by atoms with E-state index < -0.39 is 18.1 Å². The van der Waals surface area contributed by atoms with Gasteiger partial charge in [-0.05, 0) is 86.9 Å². The molecule has 2 aromatic carbocycles. The third-order valence-corrected chi connectivity index (χ3v) is 9.32. The summed E-state index contributed by atoms with van der Waals surface area (Å²) in [5, 5.41) is 3.02. The second-order valence-electron chi connectivity index (χ2n) is 13.0. The Morgan fingerprint density at radius 3 is 2.48 bits per heavy atom. The number of rotatable bonds is 6. The van der Waals surface area contributed by atoms with Gasteiger partial charge in [-0.2, -0.15) is 4.99 Å². The number of para-hydroxylation sites is 1. The molecule has 244 valence electrons. The van der Waals surface area contributed by atoms with E-state index in [2.05, 4.69) is 26.8 Å². The van der Waals surface area contributed by atoms with Crippen molar-refractivity contribution in [1.29, 1.82) is 0 Å². The summed E-state index contributed by atoms with van der Waals surface area (Å²) in [5.41, 5.74) is 20.3. The van der Waals surface area contributed by atoms with Crippen molar-refractivity contribution in [3.63, 3.8) is 0 Å². The van der Waals surface area contributed by atoms with Gasteiger partial charge in [-0.25, -0.2) is 9.59 Å². The highest BCUT2D eigenvalue weighted by Gasteiger charge is 2.33. The Bertz CT molecular complexity index is 1530. The molecular weight excluding hydrogens is 582 g/mol. The maximum atomic E-state index is 13.4. The van der Waals surface area contributed by atoms with E-state index in [1.807, 2.05) is 62.1 Å². The largest absolute Gasteiger partial charge is 0.435 e. The molecule has 3 heterocycles. The lowest BCUT2D eigenvalue weighted by molar-refractivity contribution is -0.126. The highest BCUT2D eigenvalue weighted by Crippen LogP contribution is 2.26. The number of nitrogens with two attached hydrogens (primary N) is 2. The normalized spacial score (nSPS) is 18.7. The van der Waals surface area contributed by atoms with E-state index in [9.17, 15) is 14.4 Å². The van der Waals surface area contributed by atoms with Crippen molar-refractivity contribution in [2.45, 2.75) is 77.0 Å². The molecule has 11 nitrogen and oxygen atoms in total. The summed E-state index contributed by atoms with van der Waals surface area (Å²) in [7, 11) is 0. The Kier molecular flexibility index (Phi) is 10.2. The molecule has 0 aliphatic carbocycles. The molecule has 0 saturated carbocycles. The number of ether oxygens (including phenoxy) is 1. The zero-order valence-electron chi connectivity index (χ0n) is 27.1. The molecule has 11 heteroatoms. The maximum Gasteiger partial charge on any atom is 0.410 e. The molecule has 0 radical (unpaired) electrons. The van der Waals surface area contributed by atoms with Crippen LogP contribution in [0.2, 0.25) is 0 Å². The Labute approximate surface area is 270 Å². The van der Waals surface area contributed by atoms with Crippen molar-refractivity contribution in [3.05, 3.63) is 70.6 Å². The van der Waals surface area contributed by atoms with Crippen LogP contribution in [0.4, 0.5) is 21.0 Å². The molecule has 3 aliphatic heterocycles. The second-order valence-corrected chi connectivity index (χ2v) is 13.0. The van der Waals surface area contributed by atoms with Crippen molar-refractivity contribution < 1.29 is 19.1 Å². The average molecular weight is 628 g/mol. The van der Waals surface area contributed by atoms with Gasteiger partial charge in [0.15, 0.2) is 6.10 Å². The second kappa shape index (κ2) is 14.3. The van der Waals surface area contributed by atoms with Gasteiger partial charge in [-0.3, -0.25) is 4.79 Å². The molecule has 5 rings (SSSR count). The van der Waals surface area contributed by atoms with Crippen LogP contribution in [0.5, 0.6) is 0 Å². The topological polar surface area (TPSA) is 147 Å². The van der Waals surface area contributed by atoms with Gasteiger partial charge in [0.25, 0.3) is 5.91 Å². The lowest BCUT2D eigenvalue weighted by atomic mass is 9.91. The molecule has 0 aromatic heterocycles. The highest BCUT2D eigenvalue weighted by atomic mass is 16.6. The number of urea groups is 1. The standard InChI is InChI=1S/C35H45N7O4/c1-24-21-26(22-25(2)31(24)36)23-30(32(43)38-14-6-15-40-19-12-35(3,37)13-20-40)46-34(45)41-16-10-28(11-17-41)42-18-9-27-7-4-5-8-29(27)39-33(42)44/h4-5,7-8,15,21-22,28,30H,9-13,16-20,23,36-37H2,1-3H3,(H,39,44)/t30-/m1/s1. The van der Waals surface area contributed by atoms with E-state index in [1.54, 1.807) is 11.1 Å². The summed E-state index contributed by atoms with van der Waals surface area (Å²) in [4.78, 5) is 49.1. The summed E-state index contributed by atoms with van der Waals surface area (Å²) in [6.07, 6.45) is 3.85. The number of hydrogen-bond acceptors (Lipinski definition) is 7. The summed E-state index contributed by atoms with van der Waals surface area (Å²) < 4.78 is 5.82. The number of carbonyl (C=O) groups excluding carboxylic acids is 3. The van der Waals surface area contributed by atoms with Gasteiger partial charge in [0, 0.05) is 68.0 Å². The van der Waals surface area contributed by atoms with E-state index in [0.717, 1.165) is 60.3 Å². The van der Waals surface area contributed by atoms with Crippen LogP contribution in [-0.4, -0.2) is 89.0 Å². The number of anilines is 2. The molecule has 2 fully saturated rings. The molecule has 0 bridgehead atoms. The van der Waals surface area contributed by atoms with Crippen LogP contribution in [0.3, 0.4) is 0 Å². The number of aryl methyl sites for hydroxylation is 2. The van der Waals surface area contributed by atoms with Crippen molar-refractivity contribution in [2.75, 3.05) is 43.8 Å². The van der Waals surface area contributed by atoms with Crippen molar-refractivity contribution in [2.24, 2.45) is 10.7 Å². The number of aliphatic imine (C=N–C) groups is 1. The van der Waals surface area contributed by atoms with E-state index in [0.29, 0.717) is 38.2 Å². The molecule has 2 aromatic rings. The Hall–Kier alpha value is -4.56. The van der Waals surface area contributed by atoms with Gasteiger partial charge in [0.2, 0.25) is 0 Å². The molecule has 46 heavy (non-hydrogen) atoms. The molecule has 0 spiro atoms. The smallest absolute Gasteiger partial charge is 0.410 e. The quantitative estimate of drug-likeness (QED) is 0.248. The number of fused-ring (bicyclic) bond motifs is 1. The van der Waals surface area contributed by atoms with Gasteiger partial charge >= 0.3 is 12.1 Å². The highest BCUT2D eigenvalue weighted by molar-refractivity contribution is 5.91.